The van der Waals surface area contributed by atoms with Crippen LogP contribution in [0.3, 0.4) is 0 Å². The molecule has 1 aromatic rings. The van der Waals surface area contributed by atoms with Crippen molar-refractivity contribution in [1.29, 1.82) is 0 Å². The fraction of sp³-hybridized carbons (Fsp3) is 0.632. The van der Waals surface area contributed by atoms with Crippen molar-refractivity contribution in [2.75, 3.05) is 46.4 Å². The fourth-order valence-electron chi connectivity index (χ4n) is 3.07. The van der Waals surface area contributed by atoms with E-state index in [4.69, 9.17) is 0 Å². The largest absolute Gasteiger partial charge is 0.396 e. The summed E-state index contributed by atoms with van der Waals surface area (Å²) in [5.74, 6) is 1.75. The van der Waals surface area contributed by atoms with Gasteiger partial charge in [0.15, 0.2) is 5.96 Å². The summed E-state index contributed by atoms with van der Waals surface area (Å²) in [6.07, 6.45) is 2.62. The third-order valence-corrected chi connectivity index (χ3v) is 4.83. The molecule has 0 saturated carbocycles. The van der Waals surface area contributed by atoms with Crippen LogP contribution in [0.2, 0.25) is 0 Å². The highest BCUT2D eigenvalue weighted by atomic mass is 16.3. The van der Waals surface area contributed by atoms with Crippen LogP contribution in [0.1, 0.15) is 31.2 Å². The van der Waals surface area contributed by atoms with Crippen LogP contribution in [-0.4, -0.2) is 62.3 Å². The normalized spacial score (nSPS) is 18.4. The summed E-state index contributed by atoms with van der Waals surface area (Å²) >= 11 is 0. The third kappa shape index (κ3) is 6.13. The van der Waals surface area contributed by atoms with Crippen LogP contribution in [0.15, 0.2) is 35.3 Å². The van der Waals surface area contributed by atoms with Crippen LogP contribution in [0.25, 0.3) is 0 Å². The Kier molecular flexibility index (Phi) is 8.05. The first-order valence-electron chi connectivity index (χ1n) is 9.05. The van der Waals surface area contributed by atoms with Crippen LogP contribution in [0.5, 0.6) is 0 Å². The minimum Gasteiger partial charge on any atom is -0.396 e. The van der Waals surface area contributed by atoms with Crippen molar-refractivity contribution < 1.29 is 5.11 Å². The molecule has 134 valence electrons. The lowest BCUT2D eigenvalue weighted by Gasteiger charge is -2.30. The second-order valence-electron chi connectivity index (χ2n) is 6.69. The minimum absolute atomic E-state index is 0.0772. The summed E-state index contributed by atoms with van der Waals surface area (Å²) in [6, 6.07) is 10.1. The molecule has 0 amide bonds. The Balaban J connectivity index is 1.70. The van der Waals surface area contributed by atoms with Crippen LogP contribution in [-0.2, 0) is 0 Å². The molecule has 5 heteroatoms. The molecule has 24 heavy (non-hydrogen) atoms. The molecule has 1 fully saturated rings. The molecule has 0 aliphatic carbocycles. The number of aliphatic hydroxyl groups is 1. The number of benzene rings is 1. The van der Waals surface area contributed by atoms with E-state index in [0.29, 0.717) is 6.54 Å². The highest BCUT2D eigenvalue weighted by Gasteiger charge is 2.15. The van der Waals surface area contributed by atoms with Crippen molar-refractivity contribution in [3.05, 3.63) is 35.9 Å². The molecule has 1 saturated heterocycles. The number of nitrogens with one attached hydrogen (secondary N) is 2. The van der Waals surface area contributed by atoms with Crippen molar-refractivity contribution in [3.8, 4) is 0 Å². The number of rotatable bonds is 7. The molecular formula is C19H32N4O. The number of hydrogen-bond acceptors (Lipinski definition) is 3. The second kappa shape index (κ2) is 10.3. The topological polar surface area (TPSA) is 59.9 Å². The van der Waals surface area contributed by atoms with Gasteiger partial charge in [0.1, 0.15) is 0 Å². The zero-order valence-corrected chi connectivity index (χ0v) is 15.0. The van der Waals surface area contributed by atoms with Gasteiger partial charge in [0.2, 0.25) is 0 Å². The Labute approximate surface area is 146 Å². The van der Waals surface area contributed by atoms with Gasteiger partial charge >= 0.3 is 0 Å². The Morgan fingerprint density at radius 2 is 1.96 bits per heavy atom. The standard InChI is InChI=1S/C19H32N4O/c1-16-8-11-23(12-9-16)13-10-21-19(20-2)22-14-18(15-24)17-6-4-3-5-7-17/h3-7,16,18,24H,8-15H2,1-2H3,(H2,20,21,22). The van der Waals surface area contributed by atoms with E-state index in [2.05, 4.69) is 39.6 Å². The van der Waals surface area contributed by atoms with Gasteiger partial charge in [-0.15, -0.1) is 0 Å². The van der Waals surface area contributed by atoms with Gasteiger partial charge in [0.25, 0.3) is 0 Å². The SMILES string of the molecule is CN=C(NCCN1CCC(C)CC1)NCC(CO)c1ccccc1. The molecule has 1 aliphatic heterocycles. The van der Waals surface area contributed by atoms with E-state index >= 15 is 0 Å². The quantitative estimate of drug-likeness (QED) is 0.525. The Morgan fingerprint density at radius 3 is 2.58 bits per heavy atom. The fourth-order valence-corrected chi connectivity index (χ4v) is 3.07. The number of piperidine rings is 1. The van der Waals surface area contributed by atoms with E-state index in [1.165, 1.54) is 25.9 Å². The molecule has 5 nitrogen and oxygen atoms in total. The van der Waals surface area contributed by atoms with E-state index in [-0.39, 0.29) is 12.5 Å². The predicted molar refractivity (Wildman–Crippen MR) is 100 cm³/mol. The highest BCUT2D eigenvalue weighted by Crippen LogP contribution is 2.15. The maximum Gasteiger partial charge on any atom is 0.191 e. The van der Waals surface area contributed by atoms with Crippen LogP contribution in [0.4, 0.5) is 0 Å². The summed E-state index contributed by atoms with van der Waals surface area (Å²) in [5.41, 5.74) is 1.14. The molecule has 0 bridgehead atoms. The van der Waals surface area contributed by atoms with Gasteiger partial charge in [-0.2, -0.15) is 0 Å². The van der Waals surface area contributed by atoms with Crippen molar-refractivity contribution >= 4 is 5.96 Å². The Morgan fingerprint density at radius 1 is 1.25 bits per heavy atom. The number of aliphatic imine (C=N–C) groups is 1. The molecule has 0 aromatic heterocycles. The van der Waals surface area contributed by atoms with E-state index in [0.717, 1.165) is 30.5 Å². The maximum atomic E-state index is 9.63. The molecule has 1 aromatic carbocycles. The number of guanidine groups is 1. The number of nitrogens with zero attached hydrogens (tertiary/aromatic N) is 2. The summed E-state index contributed by atoms with van der Waals surface area (Å²) in [5, 5.41) is 16.3. The summed E-state index contributed by atoms with van der Waals surface area (Å²) in [4.78, 5) is 6.79. The zero-order chi connectivity index (χ0) is 17.2. The van der Waals surface area contributed by atoms with Crippen LogP contribution in [0, 0.1) is 5.92 Å². The summed E-state index contributed by atoms with van der Waals surface area (Å²) < 4.78 is 0. The van der Waals surface area contributed by atoms with Crippen molar-refractivity contribution in [2.24, 2.45) is 10.9 Å². The van der Waals surface area contributed by atoms with Gasteiger partial charge in [-0.25, -0.2) is 0 Å². The smallest absolute Gasteiger partial charge is 0.191 e. The van der Waals surface area contributed by atoms with E-state index < -0.39 is 0 Å². The molecule has 0 radical (unpaired) electrons. The lowest BCUT2D eigenvalue weighted by atomic mass is 9.99. The van der Waals surface area contributed by atoms with Gasteiger partial charge in [-0.05, 0) is 37.4 Å². The average Bonchev–Trinajstić information content (AvgIpc) is 2.63. The first-order chi connectivity index (χ1) is 11.7. The van der Waals surface area contributed by atoms with Crippen molar-refractivity contribution in [1.82, 2.24) is 15.5 Å². The number of likely N-dealkylation sites (tertiary alicyclic amines) is 1. The monoisotopic (exact) mass is 332 g/mol. The molecule has 1 atom stereocenters. The molecule has 1 heterocycles. The minimum atomic E-state index is 0.0772. The molecule has 2 rings (SSSR count). The summed E-state index contributed by atoms with van der Waals surface area (Å²) in [6.45, 7) is 7.48. The first-order valence-corrected chi connectivity index (χ1v) is 9.05. The van der Waals surface area contributed by atoms with Gasteiger partial charge < -0.3 is 20.6 Å². The molecular weight excluding hydrogens is 300 g/mol. The number of hydrogen-bond donors (Lipinski definition) is 3. The molecule has 3 N–H and O–H groups in total. The van der Waals surface area contributed by atoms with Gasteiger partial charge in [0, 0.05) is 32.6 Å². The lowest BCUT2D eigenvalue weighted by Crippen LogP contribution is -2.44. The van der Waals surface area contributed by atoms with Crippen LogP contribution >= 0.6 is 0 Å². The molecule has 1 aliphatic rings. The zero-order valence-electron chi connectivity index (χ0n) is 15.0. The van der Waals surface area contributed by atoms with Gasteiger partial charge in [-0.1, -0.05) is 37.3 Å². The molecule has 0 spiro atoms. The van der Waals surface area contributed by atoms with Crippen LogP contribution < -0.4 is 10.6 Å². The highest BCUT2D eigenvalue weighted by molar-refractivity contribution is 5.79. The predicted octanol–water partition coefficient (Wildman–Crippen LogP) is 1.66. The van der Waals surface area contributed by atoms with Crippen molar-refractivity contribution in [2.45, 2.75) is 25.7 Å². The molecule has 1 unspecified atom stereocenters. The van der Waals surface area contributed by atoms with Crippen molar-refractivity contribution in [3.63, 3.8) is 0 Å². The lowest BCUT2D eigenvalue weighted by molar-refractivity contribution is 0.195. The number of aliphatic hydroxyl groups excluding tert-OH is 1. The van der Waals surface area contributed by atoms with E-state index in [1.54, 1.807) is 7.05 Å². The third-order valence-electron chi connectivity index (χ3n) is 4.83. The van der Waals surface area contributed by atoms with Gasteiger partial charge in [-0.3, -0.25) is 4.99 Å². The van der Waals surface area contributed by atoms with Gasteiger partial charge in [0.05, 0.1) is 6.61 Å². The Hall–Kier alpha value is -1.59. The first kappa shape index (κ1) is 18.7. The summed E-state index contributed by atoms with van der Waals surface area (Å²) in [7, 11) is 1.79. The van der Waals surface area contributed by atoms with E-state index in [9.17, 15) is 5.11 Å². The maximum absolute atomic E-state index is 9.63. The van der Waals surface area contributed by atoms with E-state index in [1.807, 2.05) is 18.2 Å². The average molecular weight is 332 g/mol. The Bertz CT molecular complexity index is 483. The second-order valence-corrected chi connectivity index (χ2v) is 6.69.